The first-order chi connectivity index (χ1) is 5.29. The highest BCUT2D eigenvalue weighted by atomic mass is 19.1. The Hall–Kier alpha value is -1.76. The second kappa shape index (κ2) is 2.88. The van der Waals surface area contributed by atoms with E-state index < -0.39 is 5.82 Å². The second-order valence-electron chi connectivity index (χ2n) is 1.84. The van der Waals surface area contributed by atoms with E-state index in [1.165, 1.54) is 18.2 Å². The molecular weight excluding hydrogens is 147 g/mol. The average molecular weight is 150 g/mol. The van der Waals surface area contributed by atoms with E-state index >= 15 is 0 Å². The van der Waals surface area contributed by atoms with Crippen LogP contribution in [0.25, 0.3) is 0 Å². The Balaban J connectivity index is 3.34. The maximum absolute atomic E-state index is 12.8. The summed E-state index contributed by atoms with van der Waals surface area (Å²) in [5.41, 5.74) is -0.494. The van der Waals surface area contributed by atoms with Crippen molar-refractivity contribution in [2.24, 2.45) is 5.18 Å². The second-order valence-corrected chi connectivity index (χ2v) is 1.84. The number of nitroso groups, excluding NO2 is 1. The molecule has 0 atom stereocenters. The standard InChI is InChI=1S/C7H3FN2O/c8-7-5(4-9)2-1-3-6(7)10-11/h1-3H. The lowest BCUT2D eigenvalue weighted by atomic mass is 10.2. The van der Waals surface area contributed by atoms with Crippen molar-refractivity contribution in [3.8, 4) is 6.07 Å². The predicted octanol–water partition coefficient (Wildman–Crippen LogP) is 2.10. The van der Waals surface area contributed by atoms with Crippen LogP contribution in [-0.4, -0.2) is 0 Å². The van der Waals surface area contributed by atoms with Crippen molar-refractivity contribution in [1.29, 1.82) is 5.26 Å². The summed E-state index contributed by atoms with van der Waals surface area (Å²) in [6, 6.07) is 5.49. The highest BCUT2D eigenvalue weighted by Crippen LogP contribution is 2.19. The molecule has 3 nitrogen and oxygen atoms in total. The van der Waals surface area contributed by atoms with Crippen LogP contribution in [0, 0.1) is 22.1 Å². The molecule has 0 unspecified atom stereocenters. The summed E-state index contributed by atoms with van der Waals surface area (Å²) in [5, 5.41) is 10.7. The van der Waals surface area contributed by atoms with Crippen LogP contribution in [0.5, 0.6) is 0 Å². The molecule has 0 saturated carbocycles. The largest absolute Gasteiger partial charge is 0.203 e. The summed E-state index contributed by atoms with van der Waals surface area (Å²) < 4.78 is 12.8. The van der Waals surface area contributed by atoms with Crippen LogP contribution in [0.2, 0.25) is 0 Å². The van der Waals surface area contributed by atoms with Gasteiger partial charge in [0.25, 0.3) is 0 Å². The van der Waals surface area contributed by atoms with Crippen molar-refractivity contribution >= 4 is 5.69 Å². The lowest BCUT2D eigenvalue weighted by molar-refractivity contribution is 0.626. The Kier molecular flexibility index (Phi) is 1.93. The molecule has 1 aromatic rings. The summed E-state index contributed by atoms with van der Waals surface area (Å²) in [6.07, 6.45) is 0. The molecule has 0 aliphatic rings. The molecular formula is C7H3FN2O. The maximum atomic E-state index is 12.8. The van der Waals surface area contributed by atoms with Gasteiger partial charge in [0.05, 0.1) is 5.56 Å². The highest BCUT2D eigenvalue weighted by molar-refractivity contribution is 5.46. The molecule has 1 rings (SSSR count). The van der Waals surface area contributed by atoms with Gasteiger partial charge in [0, 0.05) is 0 Å². The number of rotatable bonds is 1. The molecule has 0 aliphatic carbocycles. The van der Waals surface area contributed by atoms with Gasteiger partial charge in [-0.1, -0.05) is 6.07 Å². The van der Waals surface area contributed by atoms with Gasteiger partial charge in [-0.2, -0.15) is 5.26 Å². The first kappa shape index (κ1) is 7.35. The van der Waals surface area contributed by atoms with Crippen LogP contribution in [0.4, 0.5) is 10.1 Å². The first-order valence-electron chi connectivity index (χ1n) is 2.81. The zero-order valence-electron chi connectivity index (χ0n) is 5.41. The van der Waals surface area contributed by atoms with Crippen molar-refractivity contribution < 1.29 is 4.39 Å². The third-order valence-corrected chi connectivity index (χ3v) is 1.20. The van der Waals surface area contributed by atoms with E-state index in [1.54, 1.807) is 6.07 Å². The van der Waals surface area contributed by atoms with Crippen molar-refractivity contribution in [3.05, 3.63) is 34.5 Å². The summed E-state index contributed by atoms with van der Waals surface area (Å²) in [4.78, 5) is 9.90. The van der Waals surface area contributed by atoms with Crippen molar-refractivity contribution in [2.45, 2.75) is 0 Å². The molecule has 0 fully saturated rings. The topological polar surface area (TPSA) is 53.2 Å². The lowest BCUT2D eigenvalue weighted by Crippen LogP contribution is -1.81. The van der Waals surface area contributed by atoms with E-state index in [-0.39, 0.29) is 11.3 Å². The Morgan fingerprint density at radius 3 is 2.82 bits per heavy atom. The fraction of sp³-hybridized carbons (Fsp3) is 0. The Labute approximate surface area is 62.0 Å². The van der Waals surface area contributed by atoms with Gasteiger partial charge < -0.3 is 0 Å². The fourth-order valence-corrected chi connectivity index (χ4v) is 0.677. The SMILES string of the molecule is N#Cc1cccc(N=O)c1F. The lowest BCUT2D eigenvalue weighted by Gasteiger charge is -1.92. The van der Waals surface area contributed by atoms with Gasteiger partial charge in [0.15, 0.2) is 5.82 Å². The molecule has 0 bridgehead atoms. The molecule has 1 aromatic carbocycles. The fourth-order valence-electron chi connectivity index (χ4n) is 0.677. The van der Waals surface area contributed by atoms with Crippen molar-refractivity contribution in [2.75, 3.05) is 0 Å². The smallest absolute Gasteiger partial charge is 0.170 e. The van der Waals surface area contributed by atoms with Gasteiger partial charge in [-0.3, -0.25) is 0 Å². The van der Waals surface area contributed by atoms with E-state index in [1.807, 2.05) is 0 Å². The minimum Gasteiger partial charge on any atom is -0.203 e. The minimum absolute atomic E-state index is 0.165. The van der Waals surface area contributed by atoms with Crippen LogP contribution in [-0.2, 0) is 0 Å². The molecule has 0 aliphatic heterocycles. The summed E-state index contributed by atoms with van der Waals surface area (Å²) in [7, 11) is 0. The third-order valence-electron chi connectivity index (χ3n) is 1.20. The normalized spacial score (nSPS) is 8.73. The van der Waals surface area contributed by atoms with E-state index in [4.69, 9.17) is 5.26 Å². The van der Waals surface area contributed by atoms with E-state index in [0.717, 1.165) is 0 Å². The van der Waals surface area contributed by atoms with Gasteiger partial charge >= 0.3 is 0 Å². The van der Waals surface area contributed by atoms with Crippen LogP contribution in [0.3, 0.4) is 0 Å². The maximum Gasteiger partial charge on any atom is 0.170 e. The van der Waals surface area contributed by atoms with E-state index in [2.05, 4.69) is 5.18 Å². The Bertz CT molecular complexity index is 330. The summed E-state index contributed by atoms with van der Waals surface area (Å²) in [5.74, 6) is -0.856. The third kappa shape index (κ3) is 1.22. The quantitative estimate of drug-likeness (QED) is 0.575. The molecule has 0 N–H and O–H groups in total. The van der Waals surface area contributed by atoms with Crippen LogP contribution in [0.15, 0.2) is 23.4 Å². The number of nitrogens with zero attached hydrogens (tertiary/aromatic N) is 2. The highest BCUT2D eigenvalue weighted by Gasteiger charge is 2.06. The average Bonchev–Trinajstić information content (AvgIpc) is 2.05. The number of nitriles is 1. The number of halogens is 1. The van der Waals surface area contributed by atoms with Gasteiger partial charge in [0.1, 0.15) is 11.8 Å². The molecule has 0 amide bonds. The summed E-state index contributed by atoms with van der Waals surface area (Å²) >= 11 is 0. The van der Waals surface area contributed by atoms with Gasteiger partial charge in [-0.05, 0) is 17.3 Å². The zero-order valence-corrected chi connectivity index (χ0v) is 5.41. The van der Waals surface area contributed by atoms with Gasteiger partial charge in [0.2, 0.25) is 0 Å². The molecule has 0 radical (unpaired) electrons. The van der Waals surface area contributed by atoms with E-state index in [9.17, 15) is 9.30 Å². The van der Waals surface area contributed by atoms with Crippen LogP contribution < -0.4 is 0 Å². The molecule has 0 aromatic heterocycles. The predicted molar refractivity (Wildman–Crippen MR) is 36.6 cm³/mol. The Morgan fingerprint density at radius 2 is 2.27 bits per heavy atom. The molecule has 0 spiro atoms. The number of benzene rings is 1. The first-order valence-corrected chi connectivity index (χ1v) is 2.81. The van der Waals surface area contributed by atoms with Crippen molar-refractivity contribution in [1.82, 2.24) is 0 Å². The number of hydrogen-bond donors (Lipinski definition) is 0. The van der Waals surface area contributed by atoms with Crippen molar-refractivity contribution in [3.63, 3.8) is 0 Å². The molecule has 4 heteroatoms. The summed E-state index contributed by atoms with van der Waals surface area (Å²) in [6.45, 7) is 0. The number of hydrogen-bond acceptors (Lipinski definition) is 3. The molecule has 54 valence electrons. The Morgan fingerprint density at radius 1 is 1.55 bits per heavy atom. The van der Waals surface area contributed by atoms with Crippen LogP contribution in [0.1, 0.15) is 5.56 Å². The zero-order chi connectivity index (χ0) is 8.27. The van der Waals surface area contributed by atoms with Gasteiger partial charge in [-0.25, -0.2) is 4.39 Å². The molecule has 0 heterocycles. The molecule has 0 saturated heterocycles. The van der Waals surface area contributed by atoms with Crippen LogP contribution >= 0.6 is 0 Å². The van der Waals surface area contributed by atoms with Gasteiger partial charge in [-0.15, -0.1) is 4.91 Å². The molecule has 11 heavy (non-hydrogen) atoms. The minimum atomic E-state index is -0.856. The monoisotopic (exact) mass is 150 g/mol. The van der Waals surface area contributed by atoms with E-state index in [0.29, 0.717) is 0 Å².